The van der Waals surface area contributed by atoms with Crippen molar-refractivity contribution in [3.63, 3.8) is 0 Å². The van der Waals surface area contributed by atoms with E-state index in [2.05, 4.69) is 0 Å². The summed E-state index contributed by atoms with van der Waals surface area (Å²) in [5, 5.41) is 0. The first-order chi connectivity index (χ1) is 13.9. The number of urea groups is 1. The third kappa shape index (κ3) is 4.05. The summed E-state index contributed by atoms with van der Waals surface area (Å²) in [7, 11) is -3.57. The van der Waals surface area contributed by atoms with E-state index >= 15 is 0 Å². The summed E-state index contributed by atoms with van der Waals surface area (Å²) in [6.45, 7) is 2.78. The number of imide groups is 1. The van der Waals surface area contributed by atoms with E-state index in [0.29, 0.717) is 19.5 Å². The van der Waals surface area contributed by atoms with Gasteiger partial charge >= 0.3 is 6.03 Å². The Morgan fingerprint density at radius 3 is 2.34 bits per heavy atom. The van der Waals surface area contributed by atoms with Crippen LogP contribution in [-0.4, -0.2) is 66.2 Å². The molecule has 8 heteroatoms. The van der Waals surface area contributed by atoms with Crippen LogP contribution in [0.15, 0.2) is 24.3 Å². The van der Waals surface area contributed by atoms with Crippen LogP contribution in [0, 0.1) is 6.92 Å². The van der Waals surface area contributed by atoms with Gasteiger partial charge in [0.05, 0.1) is 5.75 Å². The summed E-state index contributed by atoms with van der Waals surface area (Å²) in [6, 6.07) is 6.49. The van der Waals surface area contributed by atoms with Crippen molar-refractivity contribution < 1.29 is 18.0 Å². The Bertz CT molecular complexity index is 878. The molecule has 0 aromatic heterocycles. The molecule has 7 nitrogen and oxygen atoms in total. The van der Waals surface area contributed by atoms with E-state index in [9.17, 15) is 18.0 Å². The number of fused-ring (bicyclic) bond motifs is 1. The summed E-state index contributed by atoms with van der Waals surface area (Å²) in [5.41, 5.74) is 1.81. The summed E-state index contributed by atoms with van der Waals surface area (Å²) in [6.07, 6.45) is 5.46. The highest BCUT2D eigenvalue weighted by atomic mass is 32.2. The number of sulfonamides is 1. The largest absolute Gasteiger partial charge is 0.327 e. The zero-order valence-electron chi connectivity index (χ0n) is 16.9. The summed E-state index contributed by atoms with van der Waals surface area (Å²) in [5.74, 6) is -0.312. The Labute approximate surface area is 172 Å². The van der Waals surface area contributed by atoms with Gasteiger partial charge in [-0.2, -0.15) is 4.31 Å². The quantitative estimate of drug-likeness (QED) is 0.703. The van der Waals surface area contributed by atoms with Crippen molar-refractivity contribution in [1.29, 1.82) is 0 Å². The number of carbonyl (C=O) groups is 2. The Morgan fingerprint density at radius 1 is 0.966 bits per heavy atom. The number of rotatable bonds is 4. The standard InChI is InChI=1S/C21H29N3O4S/c1-16-8-10-17(11-9-16)15-29(27,28)22-12-5-13-23-19(14-22)20(25)24(21(23)26)18-6-3-2-4-7-18/h8-11,18-19H,2-7,12-15H2,1H3. The molecule has 3 amide bonds. The average molecular weight is 420 g/mol. The third-order valence-corrected chi connectivity index (χ3v) is 8.15. The highest BCUT2D eigenvalue weighted by molar-refractivity contribution is 7.88. The number of amides is 3. The van der Waals surface area contributed by atoms with Gasteiger partial charge in [0.15, 0.2) is 0 Å². The predicted molar refractivity (Wildman–Crippen MR) is 110 cm³/mol. The molecule has 1 saturated carbocycles. The first-order valence-corrected chi connectivity index (χ1v) is 12.1. The number of aryl methyl sites for hydroxylation is 1. The average Bonchev–Trinajstić information content (AvgIpc) is 2.86. The molecule has 1 atom stereocenters. The smallest absolute Gasteiger partial charge is 0.311 e. The molecule has 158 valence electrons. The lowest BCUT2D eigenvalue weighted by Gasteiger charge is -2.29. The van der Waals surface area contributed by atoms with Crippen molar-refractivity contribution in [3.8, 4) is 0 Å². The second-order valence-electron chi connectivity index (χ2n) is 8.45. The lowest BCUT2D eigenvalue weighted by molar-refractivity contribution is -0.130. The molecule has 2 heterocycles. The Balaban J connectivity index is 1.51. The van der Waals surface area contributed by atoms with Gasteiger partial charge in [0.1, 0.15) is 6.04 Å². The molecule has 2 saturated heterocycles. The summed E-state index contributed by atoms with van der Waals surface area (Å²) >= 11 is 0. The van der Waals surface area contributed by atoms with Crippen molar-refractivity contribution in [3.05, 3.63) is 35.4 Å². The van der Waals surface area contributed by atoms with Gasteiger partial charge in [-0.15, -0.1) is 0 Å². The van der Waals surface area contributed by atoms with Crippen LogP contribution in [0.3, 0.4) is 0 Å². The second-order valence-corrected chi connectivity index (χ2v) is 10.4. The van der Waals surface area contributed by atoms with Gasteiger partial charge in [0.2, 0.25) is 10.0 Å². The monoisotopic (exact) mass is 419 g/mol. The highest BCUT2D eigenvalue weighted by Gasteiger charge is 2.50. The molecule has 1 unspecified atom stereocenters. The lowest BCUT2D eigenvalue weighted by Crippen LogP contribution is -2.45. The van der Waals surface area contributed by atoms with Crippen LogP contribution in [0.4, 0.5) is 4.79 Å². The Morgan fingerprint density at radius 2 is 1.66 bits per heavy atom. The molecule has 0 spiro atoms. The van der Waals surface area contributed by atoms with E-state index in [1.165, 1.54) is 9.21 Å². The molecular formula is C21H29N3O4S. The van der Waals surface area contributed by atoms with Gasteiger partial charge < -0.3 is 4.90 Å². The Hall–Kier alpha value is -1.93. The zero-order valence-corrected chi connectivity index (χ0v) is 17.7. The molecule has 0 N–H and O–H groups in total. The minimum atomic E-state index is -3.57. The summed E-state index contributed by atoms with van der Waals surface area (Å²) in [4.78, 5) is 29.1. The van der Waals surface area contributed by atoms with Crippen molar-refractivity contribution in [2.24, 2.45) is 0 Å². The second kappa shape index (κ2) is 8.07. The SMILES string of the molecule is Cc1ccc(CS(=O)(=O)N2CCCN3C(=O)N(C4CCCCC4)C(=O)C3C2)cc1. The van der Waals surface area contributed by atoms with Gasteiger partial charge in [-0.3, -0.25) is 9.69 Å². The maximum absolute atomic E-state index is 13.1. The fourth-order valence-electron chi connectivity index (χ4n) is 4.70. The zero-order chi connectivity index (χ0) is 20.6. The lowest BCUT2D eigenvalue weighted by atomic mass is 9.94. The van der Waals surface area contributed by atoms with Crippen molar-refractivity contribution in [1.82, 2.24) is 14.1 Å². The first-order valence-electron chi connectivity index (χ1n) is 10.5. The number of hydrogen-bond acceptors (Lipinski definition) is 4. The van der Waals surface area contributed by atoms with Crippen LogP contribution >= 0.6 is 0 Å². The van der Waals surface area contributed by atoms with Gasteiger partial charge in [-0.05, 0) is 31.7 Å². The van der Waals surface area contributed by atoms with Gasteiger partial charge in [0.25, 0.3) is 5.91 Å². The van der Waals surface area contributed by atoms with Crippen LogP contribution in [0.25, 0.3) is 0 Å². The van der Waals surface area contributed by atoms with Crippen LogP contribution in [0.2, 0.25) is 0 Å². The Kier molecular flexibility index (Phi) is 5.66. The summed E-state index contributed by atoms with van der Waals surface area (Å²) < 4.78 is 27.5. The fraction of sp³-hybridized carbons (Fsp3) is 0.619. The van der Waals surface area contributed by atoms with Crippen LogP contribution < -0.4 is 0 Å². The van der Waals surface area contributed by atoms with Crippen molar-refractivity contribution >= 4 is 22.0 Å². The molecule has 29 heavy (non-hydrogen) atoms. The molecule has 0 bridgehead atoms. The fourth-order valence-corrected chi connectivity index (χ4v) is 6.28. The van der Waals surface area contributed by atoms with Crippen LogP contribution in [0.5, 0.6) is 0 Å². The van der Waals surface area contributed by atoms with Crippen LogP contribution in [0.1, 0.15) is 49.7 Å². The third-order valence-electron chi connectivity index (χ3n) is 6.34. The number of benzene rings is 1. The molecule has 3 fully saturated rings. The van der Waals surface area contributed by atoms with E-state index in [4.69, 9.17) is 0 Å². The minimum Gasteiger partial charge on any atom is -0.311 e. The van der Waals surface area contributed by atoms with Crippen molar-refractivity contribution in [2.75, 3.05) is 19.6 Å². The topological polar surface area (TPSA) is 78.0 Å². The van der Waals surface area contributed by atoms with Gasteiger partial charge in [-0.1, -0.05) is 49.1 Å². The normalized spacial score (nSPS) is 24.7. The van der Waals surface area contributed by atoms with E-state index < -0.39 is 16.1 Å². The van der Waals surface area contributed by atoms with Gasteiger partial charge in [0, 0.05) is 25.7 Å². The van der Waals surface area contributed by atoms with Crippen LogP contribution in [-0.2, 0) is 20.6 Å². The molecule has 3 aliphatic rings. The van der Waals surface area contributed by atoms with E-state index in [1.54, 1.807) is 4.90 Å². The maximum atomic E-state index is 13.1. The molecule has 4 rings (SSSR count). The molecule has 1 aromatic carbocycles. The molecule has 0 radical (unpaired) electrons. The van der Waals surface area contributed by atoms with Crippen molar-refractivity contribution in [2.45, 2.75) is 63.3 Å². The number of nitrogens with zero attached hydrogens (tertiary/aromatic N) is 3. The highest BCUT2D eigenvalue weighted by Crippen LogP contribution is 2.31. The molecular weight excluding hydrogens is 390 g/mol. The number of carbonyl (C=O) groups excluding carboxylic acids is 2. The molecule has 1 aliphatic carbocycles. The minimum absolute atomic E-state index is 0.0340. The van der Waals surface area contributed by atoms with E-state index in [1.807, 2.05) is 31.2 Å². The van der Waals surface area contributed by atoms with Gasteiger partial charge in [-0.25, -0.2) is 13.2 Å². The molecule has 2 aliphatic heterocycles. The molecule has 1 aromatic rings. The predicted octanol–water partition coefficient (Wildman–Crippen LogP) is 2.50. The van der Waals surface area contributed by atoms with E-state index in [0.717, 1.165) is 43.2 Å². The maximum Gasteiger partial charge on any atom is 0.327 e. The van der Waals surface area contributed by atoms with E-state index in [-0.39, 0.29) is 30.3 Å². The number of hydrogen-bond donors (Lipinski definition) is 0. The first kappa shape index (κ1) is 20.3.